The highest BCUT2D eigenvalue weighted by Gasteiger charge is 2.36. The number of fused-ring (bicyclic) bond motifs is 6. The van der Waals surface area contributed by atoms with Crippen LogP contribution in [-0.4, -0.2) is 6.23 Å². The average Bonchev–Trinajstić information content (AvgIpc) is 3.65. The second-order valence-electron chi connectivity index (χ2n) is 12.6. The molecule has 2 aliphatic rings. The first-order valence-corrected chi connectivity index (χ1v) is 16.4. The number of ether oxygens (including phenoxy) is 1. The summed E-state index contributed by atoms with van der Waals surface area (Å²) in [5.74, 6) is 0.823. The van der Waals surface area contributed by atoms with E-state index < -0.39 is 0 Å². The molecule has 5 heteroatoms. The van der Waals surface area contributed by atoms with Gasteiger partial charge in [0.25, 0.3) is 0 Å². The van der Waals surface area contributed by atoms with Crippen molar-refractivity contribution in [2.75, 3.05) is 9.80 Å². The lowest BCUT2D eigenvalue weighted by atomic mass is 9.96. The molecule has 0 bridgehead atoms. The van der Waals surface area contributed by atoms with Crippen LogP contribution in [0.5, 0.6) is 5.75 Å². The molecule has 2 atom stereocenters. The maximum Gasteiger partial charge on any atom is 0.200 e. The summed E-state index contributed by atoms with van der Waals surface area (Å²) in [6, 6.07) is 50.9. The minimum atomic E-state index is -0.347. The van der Waals surface area contributed by atoms with E-state index in [4.69, 9.17) is 14.1 Å². The van der Waals surface area contributed by atoms with Crippen molar-refractivity contribution in [1.82, 2.24) is 0 Å². The number of rotatable bonds is 6. The Morgan fingerprint density at radius 2 is 1.10 bits per heavy atom. The quantitative estimate of drug-likeness (QED) is 0.185. The second-order valence-corrected chi connectivity index (χ2v) is 12.6. The molecule has 9 rings (SSSR count). The van der Waals surface area contributed by atoms with E-state index in [2.05, 4.69) is 163 Å². The molecule has 6 aromatic carbocycles. The standard InChI is InChI=1S/C43H33N3O2/c1-28-11-9-17-32(23-28)45(30-13-5-3-6-14-30)34-19-21-36-38-27-41-42(44-43(38)48-39(36)25-34)37-22-20-35(26-40(37)47-41)46(31-15-7-4-8-16-31)33-18-10-12-29(2)24-33/h3-27,38,43H,1-2H3. The van der Waals surface area contributed by atoms with Crippen LogP contribution in [0.4, 0.5) is 34.1 Å². The van der Waals surface area contributed by atoms with Crippen molar-refractivity contribution in [3.63, 3.8) is 0 Å². The summed E-state index contributed by atoms with van der Waals surface area (Å²) in [5.41, 5.74) is 11.6. The summed E-state index contributed by atoms with van der Waals surface area (Å²) >= 11 is 0. The van der Waals surface area contributed by atoms with Crippen LogP contribution >= 0.6 is 0 Å². The topological polar surface area (TPSA) is 41.2 Å². The van der Waals surface area contributed by atoms with Gasteiger partial charge >= 0.3 is 0 Å². The molecule has 1 aromatic heterocycles. The third kappa shape index (κ3) is 4.83. The molecule has 7 aromatic rings. The summed E-state index contributed by atoms with van der Waals surface area (Å²) in [7, 11) is 0. The maximum atomic E-state index is 6.59. The first-order chi connectivity index (χ1) is 23.6. The zero-order chi connectivity index (χ0) is 32.2. The van der Waals surface area contributed by atoms with E-state index in [9.17, 15) is 0 Å². The van der Waals surface area contributed by atoms with Gasteiger partial charge in [-0.2, -0.15) is 0 Å². The van der Waals surface area contributed by atoms with E-state index >= 15 is 0 Å². The lowest BCUT2D eigenvalue weighted by Gasteiger charge is -2.26. The SMILES string of the molecule is Cc1cccc(N(c2ccccc2)c2ccc3c(c2)OC2N=c4c(oc5cc(N(c6ccccc6)c6cccc(C)c6)ccc45)=CC32)c1. The van der Waals surface area contributed by atoms with E-state index in [-0.39, 0.29) is 12.1 Å². The zero-order valence-corrected chi connectivity index (χ0v) is 26.7. The normalized spacial score (nSPS) is 15.8. The highest BCUT2D eigenvalue weighted by atomic mass is 16.5. The fourth-order valence-electron chi connectivity index (χ4n) is 7.02. The summed E-state index contributed by atoms with van der Waals surface area (Å²) in [5, 5.41) is 1.83. The molecule has 0 aliphatic carbocycles. The molecule has 48 heavy (non-hydrogen) atoms. The van der Waals surface area contributed by atoms with Crippen molar-refractivity contribution in [3.8, 4) is 5.75 Å². The molecule has 3 heterocycles. The van der Waals surface area contributed by atoms with Crippen LogP contribution in [0.15, 0.2) is 155 Å². The van der Waals surface area contributed by atoms with Crippen LogP contribution < -0.4 is 25.3 Å². The zero-order valence-electron chi connectivity index (χ0n) is 26.7. The first kappa shape index (κ1) is 28.2. The molecular weight excluding hydrogens is 590 g/mol. The van der Waals surface area contributed by atoms with Crippen molar-refractivity contribution >= 4 is 51.2 Å². The smallest absolute Gasteiger partial charge is 0.200 e. The van der Waals surface area contributed by atoms with E-state index in [1.165, 1.54) is 11.1 Å². The van der Waals surface area contributed by atoms with Gasteiger partial charge in [-0.15, -0.1) is 0 Å². The number of para-hydroxylation sites is 2. The second kappa shape index (κ2) is 11.3. The van der Waals surface area contributed by atoms with Gasteiger partial charge < -0.3 is 19.0 Å². The summed E-state index contributed by atoms with van der Waals surface area (Å²) < 4.78 is 13.1. The molecule has 5 nitrogen and oxygen atoms in total. The minimum Gasteiger partial charge on any atom is -0.467 e. The Hall–Kier alpha value is -6.07. The van der Waals surface area contributed by atoms with Gasteiger partial charge in [0.05, 0.1) is 5.92 Å². The molecule has 232 valence electrons. The van der Waals surface area contributed by atoms with E-state index in [0.717, 1.165) is 67.2 Å². The molecule has 0 radical (unpaired) electrons. The Balaban J connectivity index is 1.09. The number of aryl methyl sites for hydroxylation is 2. The highest BCUT2D eigenvalue weighted by Crippen LogP contribution is 2.45. The van der Waals surface area contributed by atoms with Gasteiger partial charge in [-0.3, -0.25) is 0 Å². The van der Waals surface area contributed by atoms with Gasteiger partial charge in [0.1, 0.15) is 22.1 Å². The monoisotopic (exact) mass is 623 g/mol. The first-order valence-electron chi connectivity index (χ1n) is 16.4. The number of hydrogen-bond acceptors (Lipinski definition) is 5. The molecule has 0 amide bonds. The van der Waals surface area contributed by atoms with E-state index in [1.54, 1.807) is 0 Å². The van der Waals surface area contributed by atoms with Crippen LogP contribution in [0.25, 0.3) is 17.0 Å². The van der Waals surface area contributed by atoms with E-state index in [1.807, 2.05) is 12.1 Å². The van der Waals surface area contributed by atoms with Crippen LogP contribution in [0.1, 0.15) is 22.6 Å². The molecule has 0 saturated carbocycles. The van der Waals surface area contributed by atoms with Crippen LogP contribution in [-0.2, 0) is 0 Å². The van der Waals surface area contributed by atoms with Gasteiger partial charge in [0.2, 0.25) is 6.23 Å². The Morgan fingerprint density at radius 3 is 1.73 bits per heavy atom. The molecular formula is C43H33N3O2. The largest absolute Gasteiger partial charge is 0.467 e. The fourth-order valence-corrected chi connectivity index (χ4v) is 7.02. The lowest BCUT2D eigenvalue weighted by molar-refractivity contribution is 0.226. The number of anilines is 6. The third-order valence-corrected chi connectivity index (χ3v) is 9.24. The Kier molecular flexibility index (Phi) is 6.64. The van der Waals surface area contributed by atoms with E-state index in [0.29, 0.717) is 0 Å². The van der Waals surface area contributed by atoms with Gasteiger partial charge in [-0.25, -0.2) is 4.99 Å². The predicted molar refractivity (Wildman–Crippen MR) is 194 cm³/mol. The van der Waals surface area contributed by atoms with Gasteiger partial charge in [-0.1, -0.05) is 66.7 Å². The average molecular weight is 624 g/mol. The number of furan rings is 1. The van der Waals surface area contributed by atoms with Gasteiger partial charge in [0, 0.05) is 57.2 Å². The number of benzene rings is 6. The van der Waals surface area contributed by atoms with Crippen LogP contribution in [0, 0.1) is 13.8 Å². The summed E-state index contributed by atoms with van der Waals surface area (Å²) in [4.78, 5) is 9.67. The van der Waals surface area contributed by atoms with Gasteiger partial charge in [-0.05, 0) is 97.8 Å². The predicted octanol–water partition coefficient (Wildman–Crippen LogP) is 9.91. The number of nitrogens with zero attached hydrogens (tertiary/aromatic N) is 3. The molecule has 2 aliphatic heterocycles. The maximum absolute atomic E-state index is 6.59. The Bertz CT molecular complexity index is 2430. The molecule has 0 spiro atoms. The molecule has 0 saturated heterocycles. The minimum absolute atomic E-state index is 0.0289. The fraction of sp³-hybridized carbons (Fsp3) is 0.0930. The summed E-state index contributed by atoms with van der Waals surface area (Å²) in [6.07, 6.45) is 1.84. The molecule has 0 N–H and O–H groups in total. The van der Waals surface area contributed by atoms with Crippen LogP contribution in [0.3, 0.4) is 0 Å². The lowest BCUT2D eigenvalue weighted by Crippen LogP contribution is -2.32. The van der Waals surface area contributed by atoms with Crippen LogP contribution in [0.2, 0.25) is 0 Å². The highest BCUT2D eigenvalue weighted by molar-refractivity contribution is 5.86. The van der Waals surface area contributed by atoms with Crippen molar-refractivity contribution in [3.05, 3.63) is 173 Å². The Morgan fingerprint density at radius 1 is 0.542 bits per heavy atom. The van der Waals surface area contributed by atoms with Gasteiger partial charge in [0.15, 0.2) is 0 Å². The summed E-state index contributed by atoms with van der Waals surface area (Å²) in [6.45, 7) is 4.24. The third-order valence-electron chi connectivity index (χ3n) is 9.24. The number of hydrogen-bond donors (Lipinski definition) is 0. The molecule has 0 fully saturated rings. The van der Waals surface area contributed by atoms with Crippen molar-refractivity contribution in [2.45, 2.75) is 26.0 Å². The Labute approximate surface area is 279 Å². The van der Waals surface area contributed by atoms with Crippen molar-refractivity contribution in [2.24, 2.45) is 4.99 Å². The molecule has 2 unspecified atom stereocenters. The van der Waals surface area contributed by atoms with Crippen molar-refractivity contribution in [1.29, 1.82) is 0 Å². The van der Waals surface area contributed by atoms with Crippen molar-refractivity contribution < 1.29 is 9.15 Å².